The lowest BCUT2D eigenvalue weighted by molar-refractivity contribution is -0.116. The molecule has 0 amide bonds. The summed E-state index contributed by atoms with van der Waals surface area (Å²) < 4.78 is 15.1. The first-order valence-electron chi connectivity index (χ1n) is 5.91. The van der Waals surface area contributed by atoms with E-state index >= 15 is 0 Å². The summed E-state index contributed by atoms with van der Waals surface area (Å²) in [5.41, 5.74) is 0.785. The first-order chi connectivity index (χ1) is 9.53. The van der Waals surface area contributed by atoms with Crippen molar-refractivity contribution in [1.29, 1.82) is 0 Å². The average molecular weight is 278 g/mol. The number of benzene rings is 1. The number of ether oxygens (including phenoxy) is 3. The van der Waals surface area contributed by atoms with Crippen LogP contribution in [-0.4, -0.2) is 32.2 Å². The van der Waals surface area contributed by atoms with Crippen LogP contribution in [-0.2, 0) is 9.53 Å². The van der Waals surface area contributed by atoms with Crippen LogP contribution >= 0.6 is 0 Å². The highest BCUT2D eigenvalue weighted by molar-refractivity contribution is 5.92. The number of allylic oxidation sites excluding steroid dienone is 2. The Bertz CT molecular complexity index is 543. The molecule has 0 aliphatic carbocycles. The Balaban J connectivity index is 3.04. The van der Waals surface area contributed by atoms with E-state index in [4.69, 9.17) is 14.2 Å². The molecule has 0 bridgehead atoms. The number of hydrogen-bond acceptors (Lipinski definition) is 5. The molecule has 0 heterocycles. The molecule has 0 unspecified atom stereocenters. The van der Waals surface area contributed by atoms with Gasteiger partial charge in [0, 0.05) is 6.92 Å². The standard InChI is InChI=1S/C15H18O5/c1-10(16)15(20-4)12(17)7-5-11-6-8-13(18-2)14(9-11)19-3/h5-9,17H,1-4H3/b7-5+,15-12+. The van der Waals surface area contributed by atoms with Crippen molar-refractivity contribution in [2.45, 2.75) is 6.92 Å². The predicted octanol–water partition coefficient (Wildman–Crippen LogP) is 2.72. The third-order valence-corrected chi connectivity index (χ3v) is 2.60. The van der Waals surface area contributed by atoms with Crippen LogP contribution in [0.2, 0.25) is 0 Å². The zero-order chi connectivity index (χ0) is 15.1. The minimum Gasteiger partial charge on any atom is -0.504 e. The van der Waals surface area contributed by atoms with Gasteiger partial charge >= 0.3 is 0 Å². The quantitative estimate of drug-likeness (QED) is 0.492. The molecule has 1 aromatic carbocycles. The minimum absolute atomic E-state index is 0.0817. The highest BCUT2D eigenvalue weighted by Gasteiger charge is 2.09. The third kappa shape index (κ3) is 3.78. The fraction of sp³-hybridized carbons (Fsp3) is 0.267. The van der Waals surface area contributed by atoms with Gasteiger partial charge in [-0.15, -0.1) is 0 Å². The molecule has 0 saturated heterocycles. The largest absolute Gasteiger partial charge is 0.504 e. The first kappa shape index (κ1) is 15.6. The number of Topliss-reactive ketones (excluding diaryl/α,β-unsaturated/α-hetero) is 1. The minimum atomic E-state index is -0.345. The Morgan fingerprint density at radius 3 is 2.30 bits per heavy atom. The summed E-state index contributed by atoms with van der Waals surface area (Å²) in [4.78, 5) is 11.2. The van der Waals surface area contributed by atoms with Crippen LogP contribution in [0.1, 0.15) is 12.5 Å². The summed E-state index contributed by atoms with van der Waals surface area (Å²) in [6.07, 6.45) is 3.03. The Morgan fingerprint density at radius 2 is 1.80 bits per heavy atom. The number of ketones is 1. The second-order valence-corrected chi connectivity index (χ2v) is 3.92. The number of aliphatic hydroxyl groups is 1. The zero-order valence-electron chi connectivity index (χ0n) is 12.0. The molecule has 0 saturated carbocycles. The van der Waals surface area contributed by atoms with E-state index in [1.165, 1.54) is 20.1 Å². The van der Waals surface area contributed by atoms with E-state index in [0.717, 1.165) is 5.56 Å². The van der Waals surface area contributed by atoms with E-state index in [2.05, 4.69) is 0 Å². The van der Waals surface area contributed by atoms with Gasteiger partial charge in [-0.1, -0.05) is 12.1 Å². The topological polar surface area (TPSA) is 65.0 Å². The summed E-state index contributed by atoms with van der Waals surface area (Å²) in [6, 6.07) is 5.30. The molecule has 0 aliphatic heterocycles. The van der Waals surface area contributed by atoms with E-state index in [1.807, 2.05) is 0 Å². The van der Waals surface area contributed by atoms with Crippen LogP contribution in [0.3, 0.4) is 0 Å². The van der Waals surface area contributed by atoms with Gasteiger partial charge in [0.1, 0.15) is 0 Å². The van der Waals surface area contributed by atoms with Crippen molar-refractivity contribution in [3.05, 3.63) is 41.4 Å². The van der Waals surface area contributed by atoms with Crippen LogP contribution in [0.25, 0.3) is 6.08 Å². The molecule has 0 radical (unpaired) electrons. The number of methoxy groups -OCH3 is 3. The smallest absolute Gasteiger partial charge is 0.203 e. The molecule has 0 aromatic heterocycles. The van der Waals surface area contributed by atoms with Gasteiger partial charge in [0.05, 0.1) is 21.3 Å². The van der Waals surface area contributed by atoms with Gasteiger partial charge in [0.15, 0.2) is 23.0 Å². The highest BCUT2D eigenvalue weighted by Crippen LogP contribution is 2.28. The van der Waals surface area contributed by atoms with Gasteiger partial charge in [-0.2, -0.15) is 0 Å². The van der Waals surface area contributed by atoms with Gasteiger partial charge in [0.25, 0.3) is 0 Å². The molecule has 1 N–H and O–H groups in total. The zero-order valence-corrected chi connectivity index (χ0v) is 12.0. The average Bonchev–Trinajstić information content (AvgIpc) is 2.45. The van der Waals surface area contributed by atoms with Crippen LogP contribution in [0.15, 0.2) is 35.8 Å². The van der Waals surface area contributed by atoms with Gasteiger partial charge < -0.3 is 19.3 Å². The van der Waals surface area contributed by atoms with E-state index in [9.17, 15) is 9.90 Å². The number of carbonyl (C=O) groups is 1. The Labute approximate surface area is 118 Å². The number of aliphatic hydroxyl groups excluding tert-OH is 1. The summed E-state index contributed by atoms with van der Waals surface area (Å²) in [5.74, 6) is 0.542. The van der Waals surface area contributed by atoms with Crippen LogP contribution in [0.4, 0.5) is 0 Å². The first-order valence-corrected chi connectivity index (χ1v) is 5.91. The van der Waals surface area contributed by atoms with Crippen molar-refractivity contribution < 1.29 is 24.1 Å². The molecule has 0 aliphatic rings. The fourth-order valence-electron chi connectivity index (χ4n) is 1.64. The van der Waals surface area contributed by atoms with Crippen molar-refractivity contribution in [2.75, 3.05) is 21.3 Å². The molecular formula is C15H18O5. The van der Waals surface area contributed by atoms with Gasteiger partial charge in [-0.3, -0.25) is 4.79 Å². The van der Waals surface area contributed by atoms with E-state index in [-0.39, 0.29) is 17.3 Å². The maximum atomic E-state index is 11.2. The molecular weight excluding hydrogens is 260 g/mol. The lowest BCUT2D eigenvalue weighted by atomic mass is 10.1. The second kappa shape index (κ2) is 7.23. The Kier molecular flexibility index (Phi) is 5.65. The van der Waals surface area contributed by atoms with Crippen LogP contribution < -0.4 is 9.47 Å². The maximum Gasteiger partial charge on any atom is 0.203 e. The molecule has 0 spiro atoms. The highest BCUT2D eigenvalue weighted by atomic mass is 16.5. The van der Waals surface area contributed by atoms with Crippen LogP contribution in [0.5, 0.6) is 11.5 Å². The Morgan fingerprint density at radius 1 is 1.15 bits per heavy atom. The second-order valence-electron chi connectivity index (χ2n) is 3.92. The molecule has 108 valence electrons. The molecule has 1 rings (SSSR count). The van der Waals surface area contributed by atoms with E-state index in [0.29, 0.717) is 11.5 Å². The lowest BCUT2D eigenvalue weighted by Crippen LogP contribution is -2.02. The fourth-order valence-corrected chi connectivity index (χ4v) is 1.64. The monoisotopic (exact) mass is 278 g/mol. The normalized spacial score (nSPS) is 12.0. The lowest BCUT2D eigenvalue weighted by Gasteiger charge is -2.07. The number of hydrogen-bond donors (Lipinski definition) is 1. The molecule has 5 heteroatoms. The summed E-state index contributed by atoms with van der Waals surface area (Å²) in [7, 11) is 4.43. The summed E-state index contributed by atoms with van der Waals surface area (Å²) in [6.45, 7) is 1.32. The summed E-state index contributed by atoms with van der Waals surface area (Å²) >= 11 is 0. The van der Waals surface area contributed by atoms with Crippen molar-refractivity contribution in [3.8, 4) is 11.5 Å². The van der Waals surface area contributed by atoms with Crippen molar-refractivity contribution in [1.82, 2.24) is 0 Å². The molecule has 0 fully saturated rings. The SMILES string of the molecule is CO/C(C(C)=O)=C(O)\C=C\c1ccc(OC)c(OC)c1. The van der Waals surface area contributed by atoms with Crippen molar-refractivity contribution in [3.63, 3.8) is 0 Å². The van der Waals surface area contributed by atoms with Gasteiger partial charge in [0.2, 0.25) is 5.76 Å². The molecule has 5 nitrogen and oxygen atoms in total. The third-order valence-electron chi connectivity index (χ3n) is 2.60. The van der Waals surface area contributed by atoms with Crippen molar-refractivity contribution >= 4 is 11.9 Å². The van der Waals surface area contributed by atoms with Gasteiger partial charge in [-0.25, -0.2) is 0 Å². The summed E-state index contributed by atoms with van der Waals surface area (Å²) in [5, 5.41) is 9.76. The van der Waals surface area contributed by atoms with Gasteiger partial charge in [-0.05, 0) is 23.8 Å². The predicted molar refractivity (Wildman–Crippen MR) is 75.9 cm³/mol. The number of rotatable bonds is 6. The van der Waals surface area contributed by atoms with Crippen LogP contribution in [0, 0.1) is 0 Å². The van der Waals surface area contributed by atoms with E-state index in [1.54, 1.807) is 38.5 Å². The maximum absolute atomic E-state index is 11.2. The number of carbonyl (C=O) groups excluding carboxylic acids is 1. The molecule has 0 atom stereocenters. The molecule has 20 heavy (non-hydrogen) atoms. The Hall–Kier alpha value is -2.43. The van der Waals surface area contributed by atoms with E-state index < -0.39 is 0 Å². The molecule has 1 aromatic rings. The van der Waals surface area contributed by atoms with Crippen molar-refractivity contribution in [2.24, 2.45) is 0 Å².